The predicted molar refractivity (Wildman–Crippen MR) is 50.7 cm³/mol. The smallest absolute Gasteiger partial charge is 0.304 e. The van der Waals surface area contributed by atoms with Crippen molar-refractivity contribution < 1.29 is 22.7 Å². The summed E-state index contributed by atoms with van der Waals surface area (Å²) in [6.45, 7) is 0. The van der Waals surface area contributed by atoms with Crippen LogP contribution >= 0.6 is 0 Å². The van der Waals surface area contributed by atoms with E-state index in [0.717, 1.165) is 12.1 Å². The second-order valence-electron chi connectivity index (χ2n) is 2.92. The highest BCUT2D eigenvalue weighted by atomic mass is 32.2. The van der Waals surface area contributed by atoms with Crippen molar-refractivity contribution in [2.24, 2.45) is 0 Å². The maximum atomic E-state index is 12.7. The first kappa shape index (κ1) is 11.6. The maximum absolute atomic E-state index is 12.7. The lowest BCUT2D eigenvalue weighted by Crippen LogP contribution is -2.11. The summed E-state index contributed by atoms with van der Waals surface area (Å²) in [4.78, 5) is 10.0. The van der Waals surface area contributed by atoms with Crippen molar-refractivity contribution in [3.63, 3.8) is 0 Å². The number of benzene rings is 1. The van der Waals surface area contributed by atoms with Crippen molar-refractivity contribution >= 4 is 15.8 Å². The Kier molecular flexibility index (Phi) is 3.41. The number of carboxylic acid groups (broad SMARTS) is 1. The molecule has 0 saturated heterocycles. The fraction of sp³-hybridized carbons (Fsp3) is 0.222. The molecule has 15 heavy (non-hydrogen) atoms. The maximum Gasteiger partial charge on any atom is 0.304 e. The molecule has 0 heterocycles. The van der Waals surface area contributed by atoms with Gasteiger partial charge in [0.15, 0.2) is 9.84 Å². The van der Waals surface area contributed by atoms with Crippen LogP contribution in [-0.4, -0.2) is 25.2 Å². The summed E-state index contributed by atoms with van der Waals surface area (Å²) in [5.74, 6) is -2.38. The Morgan fingerprint density at radius 1 is 1.40 bits per heavy atom. The molecule has 0 atom stereocenters. The van der Waals surface area contributed by atoms with Gasteiger partial charge >= 0.3 is 5.97 Å². The van der Waals surface area contributed by atoms with Crippen LogP contribution < -0.4 is 0 Å². The molecular formula is C9H9FO4S. The molecule has 4 nitrogen and oxygen atoms in total. The Hall–Kier alpha value is -1.43. The average Bonchev–Trinajstić information content (AvgIpc) is 2.15. The fourth-order valence-corrected chi connectivity index (χ4v) is 2.26. The number of aliphatic carboxylic acids is 1. The molecule has 0 saturated carbocycles. The predicted octanol–water partition coefficient (Wildman–Crippen LogP) is 1.07. The zero-order valence-corrected chi connectivity index (χ0v) is 8.50. The van der Waals surface area contributed by atoms with Crippen molar-refractivity contribution in [2.45, 2.75) is 11.3 Å². The molecule has 0 fully saturated rings. The van der Waals surface area contributed by atoms with Crippen LogP contribution in [0.3, 0.4) is 0 Å². The van der Waals surface area contributed by atoms with E-state index < -0.39 is 33.8 Å². The zero-order valence-electron chi connectivity index (χ0n) is 7.68. The topological polar surface area (TPSA) is 71.4 Å². The van der Waals surface area contributed by atoms with Gasteiger partial charge in [0.2, 0.25) is 0 Å². The van der Waals surface area contributed by atoms with Gasteiger partial charge in [-0.25, -0.2) is 12.8 Å². The Morgan fingerprint density at radius 2 is 2.07 bits per heavy atom. The van der Waals surface area contributed by atoms with Crippen LogP contribution in [-0.2, 0) is 14.6 Å². The van der Waals surface area contributed by atoms with Crippen LogP contribution in [0.15, 0.2) is 29.2 Å². The molecule has 1 aromatic rings. The summed E-state index contributed by atoms with van der Waals surface area (Å²) < 4.78 is 35.6. The third-order valence-corrected chi connectivity index (χ3v) is 3.45. The molecule has 6 heteroatoms. The molecule has 0 aliphatic rings. The van der Waals surface area contributed by atoms with Gasteiger partial charge in [0.1, 0.15) is 5.82 Å². The lowest BCUT2D eigenvalue weighted by molar-refractivity contribution is -0.136. The van der Waals surface area contributed by atoms with Gasteiger partial charge in [0.05, 0.1) is 17.1 Å². The third kappa shape index (κ3) is 3.32. The lowest BCUT2D eigenvalue weighted by atomic mass is 10.4. The minimum Gasteiger partial charge on any atom is -0.481 e. The second-order valence-corrected chi connectivity index (χ2v) is 5.03. The number of carboxylic acids is 1. The molecule has 0 aliphatic carbocycles. The molecule has 0 amide bonds. The van der Waals surface area contributed by atoms with Crippen molar-refractivity contribution in [3.8, 4) is 0 Å². The van der Waals surface area contributed by atoms with Crippen molar-refractivity contribution in [2.75, 3.05) is 5.75 Å². The Morgan fingerprint density at radius 3 is 2.60 bits per heavy atom. The summed E-state index contributed by atoms with van der Waals surface area (Å²) in [7, 11) is -3.70. The highest BCUT2D eigenvalue weighted by Gasteiger charge is 2.16. The number of carbonyl (C=O) groups is 1. The van der Waals surface area contributed by atoms with Crippen LogP contribution in [0, 0.1) is 5.82 Å². The van der Waals surface area contributed by atoms with Crippen LogP contribution in [0.1, 0.15) is 6.42 Å². The quantitative estimate of drug-likeness (QED) is 0.843. The van der Waals surface area contributed by atoms with Gasteiger partial charge in [-0.2, -0.15) is 0 Å². The summed E-state index contributed by atoms with van der Waals surface area (Å²) in [6.07, 6.45) is -0.487. The molecule has 1 N–H and O–H groups in total. The van der Waals surface area contributed by atoms with Gasteiger partial charge in [-0.3, -0.25) is 4.79 Å². The van der Waals surface area contributed by atoms with Gasteiger partial charge in [0.25, 0.3) is 0 Å². The normalized spacial score (nSPS) is 11.3. The molecule has 0 radical (unpaired) electrons. The number of hydrogen-bond acceptors (Lipinski definition) is 3. The average molecular weight is 232 g/mol. The van der Waals surface area contributed by atoms with Crippen LogP contribution in [0.4, 0.5) is 4.39 Å². The SMILES string of the molecule is O=C(O)CCS(=O)(=O)c1cccc(F)c1. The first-order valence-corrected chi connectivity index (χ1v) is 5.77. The molecule has 0 unspecified atom stereocenters. The second kappa shape index (κ2) is 4.39. The summed E-state index contributed by atoms with van der Waals surface area (Å²) in [6, 6.07) is 4.50. The van der Waals surface area contributed by atoms with Gasteiger partial charge in [0, 0.05) is 0 Å². The van der Waals surface area contributed by atoms with E-state index in [4.69, 9.17) is 5.11 Å². The monoisotopic (exact) mass is 232 g/mol. The summed E-state index contributed by atoms with van der Waals surface area (Å²) in [5, 5.41) is 8.34. The number of halogens is 1. The van der Waals surface area contributed by atoms with Gasteiger partial charge in [-0.05, 0) is 18.2 Å². The lowest BCUT2D eigenvalue weighted by Gasteiger charge is -2.02. The number of sulfone groups is 1. The van der Waals surface area contributed by atoms with Gasteiger partial charge in [-0.15, -0.1) is 0 Å². The minimum absolute atomic E-state index is 0.191. The van der Waals surface area contributed by atoms with E-state index in [1.807, 2.05) is 0 Å². The molecular weight excluding hydrogens is 223 g/mol. The molecule has 82 valence electrons. The first-order valence-electron chi connectivity index (χ1n) is 4.12. The van der Waals surface area contributed by atoms with E-state index in [2.05, 4.69) is 0 Å². The highest BCUT2D eigenvalue weighted by Crippen LogP contribution is 2.13. The van der Waals surface area contributed by atoms with E-state index >= 15 is 0 Å². The number of hydrogen-bond donors (Lipinski definition) is 1. The molecule has 1 rings (SSSR count). The highest BCUT2D eigenvalue weighted by molar-refractivity contribution is 7.91. The first-order chi connectivity index (χ1) is 6.92. The van der Waals surface area contributed by atoms with E-state index in [0.29, 0.717) is 0 Å². The zero-order chi connectivity index (χ0) is 11.5. The molecule has 0 aliphatic heterocycles. The third-order valence-electron chi connectivity index (χ3n) is 1.74. The molecule has 0 aromatic heterocycles. The Balaban J connectivity index is 2.91. The van der Waals surface area contributed by atoms with Crippen molar-refractivity contribution in [1.82, 2.24) is 0 Å². The Labute approximate surface area is 86.3 Å². The van der Waals surface area contributed by atoms with E-state index in [-0.39, 0.29) is 4.90 Å². The summed E-state index contributed by atoms with van der Waals surface area (Å²) >= 11 is 0. The summed E-state index contributed by atoms with van der Waals surface area (Å²) in [5.41, 5.74) is 0. The van der Waals surface area contributed by atoms with E-state index in [1.165, 1.54) is 12.1 Å². The van der Waals surface area contributed by atoms with Crippen LogP contribution in [0.25, 0.3) is 0 Å². The van der Waals surface area contributed by atoms with Gasteiger partial charge < -0.3 is 5.11 Å². The van der Waals surface area contributed by atoms with E-state index in [1.54, 1.807) is 0 Å². The van der Waals surface area contributed by atoms with Crippen molar-refractivity contribution in [1.29, 1.82) is 0 Å². The minimum atomic E-state index is -3.70. The van der Waals surface area contributed by atoms with Gasteiger partial charge in [-0.1, -0.05) is 6.07 Å². The van der Waals surface area contributed by atoms with Crippen molar-refractivity contribution in [3.05, 3.63) is 30.1 Å². The standard InChI is InChI=1S/C9H9FO4S/c10-7-2-1-3-8(6-7)15(13,14)5-4-9(11)12/h1-3,6H,4-5H2,(H,11,12). The van der Waals surface area contributed by atoms with Crippen LogP contribution in [0.2, 0.25) is 0 Å². The molecule has 0 bridgehead atoms. The van der Waals surface area contributed by atoms with Crippen LogP contribution in [0.5, 0.6) is 0 Å². The fourth-order valence-electron chi connectivity index (χ4n) is 1.000. The molecule has 1 aromatic carbocycles. The largest absolute Gasteiger partial charge is 0.481 e. The molecule has 0 spiro atoms. The van der Waals surface area contributed by atoms with E-state index in [9.17, 15) is 17.6 Å². The Bertz CT molecular complexity index is 467. The number of rotatable bonds is 4.